The second kappa shape index (κ2) is 3.10. The lowest BCUT2D eigenvalue weighted by Gasteiger charge is -2.00. The van der Waals surface area contributed by atoms with E-state index in [4.69, 9.17) is 0 Å². The van der Waals surface area contributed by atoms with Crippen LogP contribution in [-0.2, 0) is 0 Å². The first-order valence-electron chi connectivity index (χ1n) is 2.76. The van der Waals surface area contributed by atoms with Crippen LogP contribution in [0.1, 0.15) is 0 Å². The predicted molar refractivity (Wildman–Crippen MR) is 38.6 cm³/mol. The highest BCUT2D eigenvalue weighted by atomic mass is 15.3. The molecule has 47 valence electrons. The largest absolute Gasteiger partial charge is 0.321 e. The molecule has 0 aliphatic carbocycles. The summed E-state index contributed by atoms with van der Waals surface area (Å²) in [6.07, 6.45) is 0. The van der Waals surface area contributed by atoms with Gasteiger partial charge in [0.05, 0.1) is 0 Å². The number of benzene rings is 1. The summed E-state index contributed by atoms with van der Waals surface area (Å²) in [6, 6.07) is 9.80. The maximum Gasteiger partial charge on any atom is 0.0487 e. The molecule has 2 N–H and O–H groups in total. The number of hydrogen-bond donors (Lipinski definition) is 2. The Bertz CT molecular complexity index is 160. The van der Waals surface area contributed by atoms with Crippen molar-refractivity contribution < 1.29 is 0 Å². The maximum absolute atomic E-state index is 3.42. The summed E-state index contributed by atoms with van der Waals surface area (Å²) < 4.78 is 0. The lowest BCUT2D eigenvalue weighted by molar-refractivity contribution is 1.06. The number of hydrazine groups is 1. The molecular weight excluding hydrogens is 112 g/mol. The number of nitrogens with one attached hydrogen (secondary N) is 2. The lowest BCUT2D eigenvalue weighted by Crippen LogP contribution is -2.11. The second-order valence-electron chi connectivity index (χ2n) is 1.67. The summed E-state index contributed by atoms with van der Waals surface area (Å²) in [5.41, 5.74) is 6.45. The first-order valence-corrected chi connectivity index (χ1v) is 2.76. The molecule has 9 heavy (non-hydrogen) atoms. The van der Waals surface area contributed by atoms with Gasteiger partial charge in [0, 0.05) is 12.7 Å². The molecule has 0 aromatic heterocycles. The average Bonchev–Trinajstić information content (AvgIpc) is 1.91. The van der Waals surface area contributed by atoms with E-state index in [1.165, 1.54) is 0 Å². The van der Waals surface area contributed by atoms with Crippen LogP contribution in [0.15, 0.2) is 30.3 Å². The second-order valence-corrected chi connectivity index (χ2v) is 1.67. The molecule has 0 spiro atoms. The highest BCUT2D eigenvalue weighted by molar-refractivity contribution is 5.41. The highest BCUT2D eigenvalue weighted by Crippen LogP contribution is 2.01. The summed E-state index contributed by atoms with van der Waals surface area (Å²) >= 11 is 0. The summed E-state index contributed by atoms with van der Waals surface area (Å²) in [7, 11) is 3.42. The zero-order valence-corrected chi connectivity index (χ0v) is 5.09. The van der Waals surface area contributed by atoms with Gasteiger partial charge in [-0.25, -0.2) is 5.43 Å². The van der Waals surface area contributed by atoms with Crippen LogP contribution in [0.25, 0.3) is 0 Å². The molecule has 0 atom stereocenters. The lowest BCUT2D eigenvalue weighted by atomic mass is 10.3. The zero-order valence-electron chi connectivity index (χ0n) is 5.09. The maximum atomic E-state index is 3.42. The topological polar surface area (TPSA) is 24.1 Å². The van der Waals surface area contributed by atoms with Crippen molar-refractivity contribution in [3.8, 4) is 0 Å². The first kappa shape index (κ1) is 6.11. The van der Waals surface area contributed by atoms with E-state index in [1.54, 1.807) is 0 Å². The van der Waals surface area contributed by atoms with Gasteiger partial charge < -0.3 is 5.43 Å². The minimum atomic E-state index is 1.02. The van der Waals surface area contributed by atoms with E-state index in [-0.39, 0.29) is 0 Å². The van der Waals surface area contributed by atoms with Gasteiger partial charge in [-0.1, -0.05) is 18.2 Å². The summed E-state index contributed by atoms with van der Waals surface area (Å²) in [6.45, 7) is 0. The van der Waals surface area contributed by atoms with E-state index < -0.39 is 0 Å². The molecule has 0 heterocycles. The zero-order chi connectivity index (χ0) is 6.53. The van der Waals surface area contributed by atoms with E-state index in [9.17, 15) is 0 Å². The van der Waals surface area contributed by atoms with Crippen LogP contribution in [0.5, 0.6) is 0 Å². The third-order valence-corrected chi connectivity index (χ3v) is 1.01. The van der Waals surface area contributed by atoms with Crippen LogP contribution < -0.4 is 10.9 Å². The van der Waals surface area contributed by atoms with Crippen molar-refractivity contribution in [1.29, 1.82) is 0 Å². The van der Waals surface area contributed by atoms with Crippen molar-refractivity contribution >= 4 is 5.69 Å². The van der Waals surface area contributed by atoms with Crippen molar-refractivity contribution in [2.75, 3.05) is 5.43 Å². The van der Waals surface area contributed by atoms with Gasteiger partial charge in [-0.3, -0.25) is 0 Å². The van der Waals surface area contributed by atoms with Gasteiger partial charge in [-0.2, -0.15) is 0 Å². The van der Waals surface area contributed by atoms with Crippen molar-refractivity contribution in [2.45, 2.75) is 0 Å². The van der Waals surface area contributed by atoms with Crippen LogP contribution in [0.2, 0.25) is 0 Å². The third kappa shape index (κ3) is 1.74. The Morgan fingerprint density at radius 2 is 1.78 bits per heavy atom. The van der Waals surface area contributed by atoms with Crippen molar-refractivity contribution in [2.24, 2.45) is 0 Å². The SMILES string of the molecule is [CH2]NNc1ccccc1. The van der Waals surface area contributed by atoms with Crippen LogP contribution in [0.3, 0.4) is 0 Å². The van der Waals surface area contributed by atoms with E-state index in [2.05, 4.69) is 17.9 Å². The van der Waals surface area contributed by atoms with Crippen LogP contribution in [0, 0.1) is 7.05 Å². The smallest absolute Gasteiger partial charge is 0.0487 e. The molecule has 1 rings (SSSR count). The van der Waals surface area contributed by atoms with Crippen LogP contribution >= 0.6 is 0 Å². The molecule has 0 aliphatic heterocycles. The number of anilines is 1. The monoisotopic (exact) mass is 121 g/mol. The molecule has 0 bridgehead atoms. The van der Waals surface area contributed by atoms with Gasteiger partial charge in [-0.05, 0) is 12.1 Å². The molecule has 1 aromatic rings. The first-order chi connectivity index (χ1) is 4.43. The van der Waals surface area contributed by atoms with Gasteiger partial charge in [0.15, 0.2) is 0 Å². The van der Waals surface area contributed by atoms with Crippen molar-refractivity contribution in [3.05, 3.63) is 37.4 Å². The van der Waals surface area contributed by atoms with E-state index in [0.29, 0.717) is 0 Å². The Morgan fingerprint density at radius 3 is 2.33 bits per heavy atom. The Kier molecular flexibility index (Phi) is 2.10. The summed E-state index contributed by atoms with van der Waals surface area (Å²) in [5.74, 6) is 0. The van der Waals surface area contributed by atoms with Gasteiger partial charge in [0.2, 0.25) is 0 Å². The third-order valence-electron chi connectivity index (χ3n) is 1.01. The summed E-state index contributed by atoms with van der Waals surface area (Å²) in [5, 5.41) is 0. The summed E-state index contributed by atoms with van der Waals surface area (Å²) in [4.78, 5) is 0. The fourth-order valence-electron chi connectivity index (χ4n) is 0.624. The standard InChI is InChI=1S/C7H9N2/c1-8-9-7-5-3-2-4-6-7/h2-6,8-9H,1H2. The van der Waals surface area contributed by atoms with Gasteiger partial charge >= 0.3 is 0 Å². The number of rotatable bonds is 2. The van der Waals surface area contributed by atoms with Crippen molar-refractivity contribution in [1.82, 2.24) is 5.43 Å². The molecule has 0 amide bonds. The van der Waals surface area contributed by atoms with E-state index in [1.807, 2.05) is 30.3 Å². The Morgan fingerprint density at radius 1 is 1.11 bits per heavy atom. The quantitative estimate of drug-likeness (QED) is 0.578. The molecule has 0 saturated heterocycles. The van der Waals surface area contributed by atoms with Crippen LogP contribution in [0.4, 0.5) is 5.69 Å². The fourth-order valence-corrected chi connectivity index (χ4v) is 0.624. The molecule has 1 radical (unpaired) electrons. The Hall–Kier alpha value is -1.02. The van der Waals surface area contributed by atoms with Gasteiger partial charge in [-0.15, -0.1) is 0 Å². The van der Waals surface area contributed by atoms with Gasteiger partial charge in [0.25, 0.3) is 0 Å². The number of hydrogen-bond acceptors (Lipinski definition) is 2. The van der Waals surface area contributed by atoms with Gasteiger partial charge in [0.1, 0.15) is 0 Å². The minimum Gasteiger partial charge on any atom is -0.321 e. The molecule has 0 aliphatic rings. The molecule has 1 aromatic carbocycles. The minimum absolute atomic E-state index is 1.02. The van der Waals surface area contributed by atoms with E-state index >= 15 is 0 Å². The molecular formula is C7H9N2. The fraction of sp³-hybridized carbons (Fsp3) is 0. The van der Waals surface area contributed by atoms with Crippen LogP contribution in [-0.4, -0.2) is 0 Å². The predicted octanol–water partition coefficient (Wildman–Crippen LogP) is 1.39. The molecule has 0 fully saturated rings. The molecule has 0 unspecified atom stereocenters. The highest BCUT2D eigenvalue weighted by Gasteiger charge is 1.81. The molecule has 2 heteroatoms. The normalized spacial score (nSPS) is 9.00. The average molecular weight is 121 g/mol. The molecule has 2 nitrogen and oxygen atoms in total. The Balaban J connectivity index is 2.61. The number of para-hydroxylation sites is 1. The Labute approximate surface area is 54.9 Å². The molecule has 0 saturated carbocycles. The van der Waals surface area contributed by atoms with E-state index in [0.717, 1.165) is 5.69 Å². The van der Waals surface area contributed by atoms with Crippen molar-refractivity contribution in [3.63, 3.8) is 0 Å².